The Morgan fingerprint density at radius 1 is 0.611 bits per heavy atom. The molecule has 0 aromatic carbocycles. The number of aliphatic carboxylic acids is 1. The van der Waals surface area contributed by atoms with Gasteiger partial charge in [0.05, 0.1) is 19.8 Å². The van der Waals surface area contributed by atoms with Crippen LogP contribution in [0.2, 0.25) is 0 Å². The van der Waals surface area contributed by atoms with Crippen LogP contribution in [-0.2, 0) is 32.7 Å². The lowest BCUT2D eigenvalue weighted by atomic mass is 10.0. The van der Waals surface area contributed by atoms with Crippen molar-refractivity contribution in [1.29, 1.82) is 0 Å². The summed E-state index contributed by atoms with van der Waals surface area (Å²) < 4.78 is 33.3. The zero-order chi connectivity index (χ0) is 39.8. The largest absolute Gasteiger partial charge is 0.480 e. The standard InChI is InChI=1S/C43H80NO9P/c1-3-5-7-9-11-13-15-17-19-20-22-24-26-28-30-32-34-36-50-37-40(38-51-54(48,49)52-39-41(44)43(46)47)53-42(45)35-33-31-29-27-25-23-21-18-16-14-12-10-8-6-4-2/h6,8,12,14,18,21,40-41H,3-5,7,9-11,13,15-17,19-20,22-39,44H2,1-2H3,(H,46,47)(H,48,49)/b8-6-,14-12-,21-18-. The van der Waals surface area contributed by atoms with E-state index in [1.807, 2.05) is 0 Å². The first-order valence-corrected chi connectivity index (χ1v) is 23.0. The second-order valence-corrected chi connectivity index (χ2v) is 15.9. The third kappa shape index (κ3) is 38.5. The van der Waals surface area contributed by atoms with Crippen molar-refractivity contribution in [2.75, 3.05) is 26.4 Å². The monoisotopic (exact) mass is 786 g/mol. The summed E-state index contributed by atoms with van der Waals surface area (Å²) in [4.78, 5) is 33.5. The van der Waals surface area contributed by atoms with Gasteiger partial charge in [-0.2, -0.15) is 0 Å². The molecule has 54 heavy (non-hydrogen) atoms. The highest BCUT2D eigenvalue weighted by molar-refractivity contribution is 7.47. The molecule has 0 aromatic rings. The Labute approximate surface area is 329 Å². The third-order valence-corrected chi connectivity index (χ3v) is 10.1. The molecule has 0 saturated heterocycles. The zero-order valence-electron chi connectivity index (χ0n) is 34.3. The summed E-state index contributed by atoms with van der Waals surface area (Å²) in [5.41, 5.74) is 5.35. The van der Waals surface area contributed by atoms with Crippen molar-refractivity contribution in [2.45, 2.75) is 199 Å². The van der Waals surface area contributed by atoms with Gasteiger partial charge in [-0.05, 0) is 44.9 Å². The lowest BCUT2D eigenvalue weighted by Gasteiger charge is -2.20. The van der Waals surface area contributed by atoms with Gasteiger partial charge >= 0.3 is 19.8 Å². The Morgan fingerprint density at radius 2 is 1.07 bits per heavy atom. The summed E-state index contributed by atoms with van der Waals surface area (Å²) >= 11 is 0. The van der Waals surface area contributed by atoms with Gasteiger partial charge in [0, 0.05) is 13.0 Å². The molecule has 11 heteroatoms. The van der Waals surface area contributed by atoms with Gasteiger partial charge in [-0.3, -0.25) is 18.6 Å². The van der Waals surface area contributed by atoms with E-state index in [0.717, 1.165) is 70.6 Å². The Kier molecular flexibility index (Phi) is 38.1. The van der Waals surface area contributed by atoms with Gasteiger partial charge in [0.2, 0.25) is 0 Å². The topological polar surface area (TPSA) is 155 Å². The predicted octanol–water partition coefficient (Wildman–Crippen LogP) is 11.7. The van der Waals surface area contributed by atoms with E-state index in [1.54, 1.807) is 0 Å². The maximum atomic E-state index is 12.6. The Balaban J connectivity index is 4.24. The lowest BCUT2D eigenvalue weighted by Crippen LogP contribution is -2.34. The first-order valence-electron chi connectivity index (χ1n) is 21.5. The molecule has 0 aliphatic rings. The van der Waals surface area contributed by atoms with E-state index >= 15 is 0 Å². The molecule has 0 radical (unpaired) electrons. The molecule has 0 bridgehead atoms. The number of phosphoric ester groups is 1. The molecule has 0 heterocycles. The second kappa shape index (κ2) is 39.4. The van der Waals surface area contributed by atoms with Crippen LogP contribution in [0.5, 0.6) is 0 Å². The molecule has 0 saturated carbocycles. The van der Waals surface area contributed by atoms with Crippen molar-refractivity contribution in [1.82, 2.24) is 0 Å². The number of carbonyl (C=O) groups is 2. The van der Waals surface area contributed by atoms with E-state index in [9.17, 15) is 19.0 Å². The van der Waals surface area contributed by atoms with Crippen molar-refractivity contribution >= 4 is 19.8 Å². The van der Waals surface area contributed by atoms with Crippen LogP contribution < -0.4 is 5.73 Å². The Hall–Kier alpha value is -1.81. The predicted molar refractivity (Wildman–Crippen MR) is 221 cm³/mol. The van der Waals surface area contributed by atoms with Gasteiger partial charge < -0.3 is 25.2 Å². The summed E-state index contributed by atoms with van der Waals surface area (Å²) in [7, 11) is -4.62. The van der Waals surface area contributed by atoms with Crippen LogP contribution in [0.1, 0.15) is 187 Å². The molecule has 10 nitrogen and oxygen atoms in total. The number of hydrogen-bond acceptors (Lipinski definition) is 8. The highest BCUT2D eigenvalue weighted by atomic mass is 31.2. The lowest BCUT2D eigenvalue weighted by molar-refractivity contribution is -0.154. The van der Waals surface area contributed by atoms with E-state index < -0.39 is 45.1 Å². The molecule has 316 valence electrons. The summed E-state index contributed by atoms with van der Waals surface area (Å²) in [6.07, 6.45) is 43.4. The van der Waals surface area contributed by atoms with Gasteiger partial charge in [-0.25, -0.2) is 4.57 Å². The Bertz CT molecular complexity index is 1000. The normalized spacial score (nSPS) is 14.3. The Morgan fingerprint density at radius 3 is 1.61 bits per heavy atom. The van der Waals surface area contributed by atoms with E-state index in [1.165, 1.54) is 89.9 Å². The average Bonchev–Trinajstić information content (AvgIpc) is 3.15. The first-order chi connectivity index (χ1) is 26.2. The van der Waals surface area contributed by atoms with Crippen LogP contribution >= 0.6 is 7.82 Å². The van der Waals surface area contributed by atoms with Crippen LogP contribution in [-0.4, -0.2) is 60.5 Å². The number of nitrogens with two attached hydrogens (primary N) is 1. The van der Waals surface area contributed by atoms with Crippen molar-refractivity contribution in [3.63, 3.8) is 0 Å². The summed E-state index contributed by atoms with van der Waals surface area (Å²) in [5.74, 6) is -1.79. The first kappa shape index (κ1) is 52.2. The minimum Gasteiger partial charge on any atom is -0.480 e. The van der Waals surface area contributed by atoms with Crippen LogP contribution in [0, 0.1) is 0 Å². The maximum absolute atomic E-state index is 12.6. The van der Waals surface area contributed by atoms with Gasteiger partial charge in [0.1, 0.15) is 12.1 Å². The molecule has 0 aliphatic heterocycles. The average molecular weight is 786 g/mol. The number of carbonyl (C=O) groups excluding carboxylic acids is 1. The fraction of sp³-hybridized carbons (Fsp3) is 0.814. The number of rotatable bonds is 41. The maximum Gasteiger partial charge on any atom is 0.472 e. The van der Waals surface area contributed by atoms with Crippen molar-refractivity contribution in [2.24, 2.45) is 5.73 Å². The fourth-order valence-electron chi connectivity index (χ4n) is 5.85. The molecule has 0 aliphatic carbocycles. The number of carboxylic acid groups (broad SMARTS) is 1. The minimum absolute atomic E-state index is 0.0124. The van der Waals surface area contributed by atoms with Gasteiger partial charge in [0.25, 0.3) is 0 Å². The van der Waals surface area contributed by atoms with Crippen molar-refractivity contribution in [3.05, 3.63) is 36.5 Å². The van der Waals surface area contributed by atoms with E-state index in [0.29, 0.717) is 13.0 Å². The molecular weight excluding hydrogens is 705 g/mol. The third-order valence-electron chi connectivity index (χ3n) is 9.18. The molecule has 0 amide bonds. The number of unbranched alkanes of at least 4 members (excludes halogenated alkanes) is 21. The molecule has 0 spiro atoms. The van der Waals surface area contributed by atoms with Crippen LogP contribution in [0.4, 0.5) is 0 Å². The van der Waals surface area contributed by atoms with Crippen LogP contribution in [0.15, 0.2) is 36.5 Å². The molecule has 0 fully saturated rings. The molecule has 0 aromatic heterocycles. The number of phosphoric acid groups is 1. The van der Waals surface area contributed by atoms with E-state index in [4.69, 9.17) is 29.4 Å². The second-order valence-electron chi connectivity index (χ2n) is 14.4. The van der Waals surface area contributed by atoms with Crippen molar-refractivity contribution in [3.8, 4) is 0 Å². The molecule has 4 N–H and O–H groups in total. The van der Waals surface area contributed by atoms with Crippen molar-refractivity contribution < 1.29 is 42.7 Å². The molecule has 3 unspecified atom stereocenters. The molecular formula is C43H80NO9P. The van der Waals surface area contributed by atoms with Gasteiger partial charge in [-0.1, -0.05) is 172 Å². The highest BCUT2D eigenvalue weighted by Gasteiger charge is 2.27. The van der Waals surface area contributed by atoms with E-state index in [2.05, 4.69) is 50.3 Å². The van der Waals surface area contributed by atoms with Crippen LogP contribution in [0.25, 0.3) is 0 Å². The SMILES string of the molecule is CC/C=C\C/C=C\C/C=C\CCCCCCCC(=O)OC(COCCCCCCCCCCCCCCCCCCC)COP(=O)(O)OCC(N)C(=O)O. The summed E-state index contributed by atoms with van der Waals surface area (Å²) in [5, 5.41) is 8.89. The minimum atomic E-state index is -4.62. The number of hydrogen-bond donors (Lipinski definition) is 3. The fourth-order valence-corrected chi connectivity index (χ4v) is 6.63. The zero-order valence-corrected chi connectivity index (χ0v) is 35.2. The summed E-state index contributed by atoms with van der Waals surface area (Å²) in [6, 6.07) is -1.47. The van der Waals surface area contributed by atoms with Crippen LogP contribution in [0.3, 0.4) is 0 Å². The van der Waals surface area contributed by atoms with E-state index in [-0.39, 0.29) is 13.0 Å². The molecule has 3 atom stereocenters. The van der Waals surface area contributed by atoms with Gasteiger partial charge in [-0.15, -0.1) is 0 Å². The smallest absolute Gasteiger partial charge is 0.472 e. The number of ether oxygens (including phenoxy) is 2. The quantitative estimate of drug-likeness (QED) is 0.0236. The number of carboxylic acids is 1. The number of allylic oxidation sites excluding steroid dienone is 6. The molecule has 0 rings (SSSR count). The number of esters is 1. The highest BCUT2D eigenvalue weighted by Crippen LogP contribution is 2.43. The van der Waals surface area contributed by atoms with Gasteiger partial charge in [0.15, 0.2) is 0 Å². The summed E-state index contributed by atoms with van der Waals surface area (Å²) in [6.45, 7) is 3.76.